The van der Waals surface area contributed by atoms with Gasteiger partial charge in [0, 0.05) is 11.8 Å². The quantitative estimate of drug-likeness (QED) is 0.736. The minimum absolute atomic E-state index is 0.0671. The number of rotatable bonds is 5. The molecule has 6 nitrogen and oxygen atoms in total. The van der Waals surface area contributed by atoms with Gasteiger partial charge in [0.2, 0.25) is 5.91 Å². The average Bonchev–Trinajstić information content (AvgIpc) is 2.47. The molecule has 3 N–H and O–H groups in total. The normalized spacial score (nSPS) is 10.1. The molecule has 0 spiro atoms. The maximum atomic E-state index is 12.0. The van der Waals surface area contributed by atoms with E-state index >= 15 is 0 Å². The highest BCUT2D eigenvalue weighted by Crippen LogP contribution is 2.22. The van der Waals surface area contributed by atoms with Gasteiger partial charge in [-0.1, -0.05) is 18.2 Å². The topological polar surface area (TPSA) is 104 Å². The number of nitrogens with one attached hydrogen (secondary N) is 1. The van der Waals surface area contributed by atoms with Gasteiger partial charge in [-0.3, -0.25) is 9.59 Å². The number of ketones is 1. The highest BCUT2D eigenvalue weighted by atomic mass is 16.4. The van der Waals surface area contributed by atoms with Crippen molar-refractivity contribution in [3.8, 4) is 5.75 Å². The van der Waals surface area contributed by atoms with Crippen LogP contribution in [0.1, 0.15) is 33.2 Å². The van der Waals surface area contributed by atoms with Gasteiger partial charge in [-0.25, -0.2) is 4.79 Å². The molecule has 0 unspecified atom stereocenters. The fraction of sp³-hybridized carbons (Fsp3) is 0.118. The van der Waals surface area contributed by atoms with Crippen LogP contribution in [0.4, 0.5) is 5.69 Å². The van der Waals surface area contributed by atoms with Crippen molar-refractivity contribution in [3.05, 3.63) is 59.2 Å². The molecule has 0 aliphatic carbocycles. The van der Waals surface area contributed by atoms with E-state index in [0.29, 0.717) is 11.3 Å². The Kier molecular flexibility index (Phi) is 4.75. The van der Waals surface area contributed by atoms with Crippen molar-refractivity contribution in [3.63, 3.8) is 0 Å². The Bertz CT molecular complexity index is 782. The number of phenols is 1. The molecule has 2 rings (SSSR count). The van der Waals surface area contributed by atoms with Gasteiger partial charge < -0.3 is 15.5 Å². The predicted octanol–water partition coefficient (Wildman–Crippen LogP) is 2.47. The molecule has 0 aromatic heterocycles. The summed E-state index contributed by atoms with van der Waals surface area (Å²) in [5, 5.41) is 21.4. The van der Waals surface area contributed by atoms with Crippen LogP contribution < -0.4 is 5.32 Å². The van der Waals surface area contributed by atoms with E-state index in [1.807, 2.05) is 0 Å². The van der Waals surface area contributed by atoms with Crippen molar-refractivity contribution in [2.24, 2.45) is 0 Å². The highest BCUT2D eigenvalue weighted by molar-refractivity contribution is 5.99. The smallest absolute Gasteiger partial charge is 0.335 e. The van der Waals surface area contributed by atoms with Gasteiger partial charge in [0.15, 0.2) is 5.78 Å². The van der Waals surface area contributed by atoms with Crippen LogP contribution in [0.15, 0.2) is 42.5 Å². The third-order valence-electron chi connectivity index (χ3n) is 3.26. The van der Waals surface area contributed by atoms with E-state index in [9.17, 15) is 19.5 Å². The van der Waals surface area contributed by atoms with E-state index in [-0.39, 0.29) is 29.1 Å². The zero-order valence-corrected chi connectivity index (χ0v) is 12.4. The first-order valence-corrected chi connectivity index (χ1v) is 6.83. The van der Waals surface area contributed by atoms with E-state index in [4.69, 9.17) is 5.11 Å². The fourth-order valence-corrected chi connectivity index (χ4v) is 2.17. The predicted molar refractivity (Wildman–Crippen MR) is 83.8 cm³/mol. The molecule has 0 atom stereocenters. The lowest BCUT2D eigenvalue weighted by atomic mass is 10.0. The molecule has 23 heavy (non-hydrogen) atoms. The molecule has 1 amide bonds. The van der Waals surface area contributed by atoms with Crippen molar-refractivity contribution in [2.75, 3.05) is 5.32 Å². The maximum absolute atomic E-state index is 12.0. The van der Waals surface area contributed by atoms with Crippen molar-refractivity contribution in [1.82, 2.24) is 0 Å². The minimum Gasteiger partial charge on any atom is -0.507 e. The zero-order valence-electron chi connectivity index (χ0n) is 12.4. The van der Waals surface area contributed by atoms with Crippen LogP contribution in [-0.2, 0) is 11.2 Å². The van der Waals surface area contributed by atoms with E-state index in [2.05, 4.69) is 5.32 Å². The van der Waals surface area contributed by atoms with Crippen LogP contribution in [0.2, 0.25) is 0 Å². The molecule has 2 aromatic carbocycles. The Morgan fingerprint density at radius 1 is 1.04 bits per heavy atom. The first kappa shape index (κ1) is 16.2. The highest BCUT2D eigenvalue weighted by Gasteiger charge is 2.13. The number of Topliss-reactive ketones (excluding diaryl/α,β-unsaturated/α-hetero) is 1. The number of aromatic carboxylic acids is 1. The second-order valence-corrected chi connectivity index (χ2v) is 4.98. The number of amides is 1. The number of hydrogen-bond donors (Lipinski definition) is 3. The summed E-state index contributed by atoms with van der Waals surface area (Å²) < 4.78 is 0. The molecular formula is C17H15NO5. The van der Waals surface area contributed by atoms with E-state index in [0.717, 1.165) is 0 Å². The first-order valence-electron chi connectivity index (χ1n) is 6.83. The number of hydrogen-bond acceptors (Lipinski definition) is 4. The minimum atomic E-state index is -1.10. The molecule has 0 heterocycles. The third-order valence-corrected chi connectivity index (χ3v) is 3.26. The summed E-state index contributed by atoms with van der Waals surface area (Å²) in [6, 6.07) is 10.4. The van der Waals surface area contributed by atoms with Gasteiger partial charge in [0.05, 0.1) is 17.5 Å². The van der Waals surface area contributed by atoms with Gasteiger partial charge >= 0.3 is 5.97 Å². The Labute approximate surface area is 132 Å². The lowest BCUT2D eigenvalue weighted by Gasteiger charge is -2.09. The molecule has 2 aromatic rings. The number of carboxylic acids is 1. The second kappa shape index (κ2) is 6.74. The van der Waals surface area contributed by atoms with Crippen LogP contribution in [-0.4, -0.2) is 27.9 Å². The molecular weight excluding hydrogens is 298 g/mol. The van der Waals surface area contributed by atoms with Crippen molar-refractivity contribution >= 4 is 23.3 Å². The van der Waals surface area contributed by atoms with Gasteiger partial charge in [-0.15, -0.1) is 0 Å². The van der Waals surface area contributed by atoms with Crippen molar-refractivity contribution in [2.45, 2.75) is 13.3 Å². The summed E-state index contributed by atoms with van der Waals surface area (Å²) in [7, 11) is 0. The molecule has 0 bridgehead atoms. The molecule has 0 radical (unpaired) electrons. The standard InChI is InChI=1S/C17H15NO5/c1-10(19)13-7-6-12(9-15(13)20)18-16(21)8-11-4-2-3-5-14(11)17(22)23/h2-7,9,20H,8H2,1H3,(H,18,21)(H,22,23). The van der Waals surface area contributed by atoms with Gasteiger partial charge in [-0.05, 0) is 30.7 Å². The number of phenolic OH excluding ortho intramolecular Hbond substituents is 1. The Balaban J connectivity index is 2.13. The van der Waals surface area contributed by atoms with E-state index < -0.39 is 11.9 Å². The van der Waals surface area contributed by atoms with Gasteiger partial charge in [0.25, 0.3) is 0 Å². The monoisotopic (exact) mass is 313 g/mol. The molecule has 0 fully saturated rings. The summed E-state index contributed by atoms with van der Waals surface area (Å²) in [5.41, 5.74) is 0.948. The van der Waals surface area contributed by atoms with E-state index in [1.165, 1.54) is 31.2 Å². The second-order valence-electron chi connectivity index (χ2n) is 4.98. The lowest BCUT2D eigenvalue weighted by molar-refractivity contribution is -0.115. The van der Waals surface area contributed by atoms with Crippen LogP contribution in [0.25, 0.3) is 0 Å². The summed E-state index contributed by atoms with van der Waals surface area (Å²) in [6.45, 7) is 1.33. The molecule has 0 saturated carbocycles. The van der Waals surface area contributed by atoms with E-state index in [1.54, 1.807) is 18.2 Å². The fourth-order valence-electron chi connectivity index (χ4n) is 2.17. The summed E-state index contributed by atoms with van der Waals surface area (Å²) in [5.74, 6) is -2.03. The number of anilines is 1. The third kappa shape index (κ3) is 3.94. The zero-order chi connectivity index (χ0) is 17.0. The van der Waals surface area contributed by atoms with Crippen LogP contribution in [0.3, 0.4) is 0 Å². The maximum Gasteiger partial charge on any atom is 0.335 e. The Hall–Kier alpha value is -3.15. The van der Waals surface area contributed by atoms with Crippen molar-refractivity contribution in [1.29, 1.82) is 0 Å². The largest absolute Gasteiger partial charge is 0.507 e. The number of carbonyl (C=O) groups excluding carboxylic acids is 2. The molecule has 118 valence electrons. The Morgan fingerprint density at radius 3 is 2.35 bits per heavy atom. The van der Waals surface area contributed by atoms with Crippen molar-refractivity contribution < 1.29 is 24.6 Å². The SMILES string of the molecule is CC(=O)c1ccc(NC(=O)Cc2ccccc2C(=O)O)cc1O. The number of aromatic hydroxyl groups is 1. The average molecular weight is 313 g/mol. The molecule has 6 heteroatoms. The lowest BCUT2D eigenvalue weighted by Crippen LogP contribution is -2.16. The summed E-state index contributed by atoms with van der Waals surface area (Å²) in [6.07, 6.45) is -0.113. The number of carboxylic acid groups (broad SMARTS) is 1. The molecule has 0 aliphatic rings. The van der Waals surface area contributed by atoms with Gasteiger partial charge in [0.1, 0.15) is 5.75 Å². The number of carbonyl (C=O) groups is 3. The van der Waals surface area contributed by atoms with Crippen LogP contribution >= 0.6 is 0 Å². The summed E-state index contributed by atoms with van der Waals surface area (Å²) in [4.78, 5) is 34.4. The van der Waals surface area contributed by atoms with Gasteiger partial charge in [-0.2, -0.15) is 0 Å². The summed E-state index contributed by atoms with van der Waals surface area (Å²) >= 11 is 0. The van der Waals surface area contributed by atoms with Crippen LogP contribution in [0.5, 0.6) is 5.75 Å². The molecule has 0 aliphatic heterocycles. The first-order chi connectivity index (χ1) is 10.9. The Morgan fingerprint density at radius 2 is 1.74 bits per heavy atom. The van der Waals surface area contributed by atoms with Crippen LogP contribution in [0, 0.1) is 0 Å². The number of benzene rings is 2. The molecule has 0 saturated heterocycles.